The normalized spacial score (nSPS) is 11.6. The number of rotatable bonds is 8. The van der Waals surface area contributed by atoms with Crippen molar-refractivity contribution in [1.82, 2.24) is 0 Å². The first-order valence-corrected chi connectivity index (χ1v) is 23.6. The third-order valence-electron chi connectivity index (χ3n) is 13.3. The van der Waals surface area contributed by atoms with Gasteiger partial charge in [0.05, 0.1) is 11.1 Å². The molecular formula is C64H41NOS. The Morgan fingerprint density at radius 3 is 1.70 bits per heavy atom. The van der Waals surface area contributed by atoms with Crippen molar-refractivity contribution in [2.75, 3.05) is 4.90 Å². The zero-order valence-corrected chi connectivity index (χ0v) is 37.3. The molecular weight excluding hydrogens is 831 g/mol. The summed E-state index contributed by atoms with van der Waals surface area (Å²) in [5.41, 5.74) is 16.7. The molecule has 0 aliphatic carbocycles. The van der Waals surface area contributed by atoms with Crippen LogP contribution >= 0.6 is 11.3 Å². The zero-order valence-electron chi connectivity index (χ0n) is 36.4. The van der Waals surface area contributed by atoms with Gasteiger partial charge < -0.3 is 9.32 Å². The number of thiophene rings is 1. The fraction of sp³-hybridized carbons (Fsp3) is 0. The van der Waals surface area contributed by atoms with Crippen LogP contribution in [0.2, 0.25) is 0 Å². The molecule has 3 heteroatoms. The Labute approximate surface area is 392 Å². The topological polar surface area (TPSA) is 16.4 Å². The first-order chi connectivity index (χ1) is 33.2. The highest BCUT2D eigenvalue weighted by Crippen LogP contribution is 2.48. The molecule has 0 aliphatic heterocycles. The van der Waals surface area contributed by atoms with Crippen LogP contribution in [0.25, 0.3) is 109 Å². The van der Waals surface area contributed by atoms with Crippen LogP contribution in [0.15, 0.2) is 253 Å². The first kappa shape index (κ1) is 38.9. The van der Waals surface area contributed by atoms with E-state index in [9.17, 15) is 0 Å². The number of fused-ring (bicyclic) bond motifs is 7. The Hall–Kier alpha value is -8.50. The van der Waals surface area contributed by atoms with Gasteiger partial charge in [0.1, 0.15) is 11.2 Å². The van der Waals surface area contributed by atoms with Crippen LogP contribution in [0, 0.1) is 0 Å². The van der Waals surface area contributed by atoms with Crippen LogP contribution in [0.3, 0.4) is 0 Å². The molecule has 0 amide bonds. The minimum absolute atomic E-state index is 0.865. The van der Waals surface area contributed by atoms with E-state index < -0.39 is 0 Å². The lowest BCUT2D eigenvalue weighted by molar-refractivity contribution is 0.670. The van der Waals surface area contributed by atoms with Crippen molar-refractivity contribution < 1.29 is 4.42 Å². The van der Waals surface area contributed by atoms with Crippen molar-refractivity contribution in [1.29, 1.82) is 0 Å². The van der Waals surface area contributed by atoms with Crippen molar-refractivity contribution in [2.24, 2.45) is 0 Å². The molecule has 0 unspecified atom stereocenters. The quantitative estimate of drug-likeness (QED) is 0.151. The summed E-state index contributed by atoms with van der Waals surface area (Å²) >= 11 is 1.86. The van der Waals surface area contributed by atoms with Gasteiger partial charge >= 0.3 is 0 Å². The van der Waals surface area contributed by atoms with Crippen molar-refractivity contribution in [3.8, 4) is 55.6 Å². The Morgan fingerprint density at radius 1 is 0.313 bits per heavy atom. The number of para-hydroxylation sites is 1. The van der Waals surface area contributed by atoms with Gasteiger partial charge in [0.2, 0.25) is 0 Å². The molecule has 13 aromatic rings. The Morgan fingerprint density at radius 2 is 0.881 bits per heavy atom. The van der Waals surface area contributed by atoms with Gasteiger partial charge in [-0.3, -0.25) is 0 Å². The number of furan rings is 1. The van der Waals surface area contributed by atoms with Crippen LogP contribution in [-0.2, 0) is 0 Å². The van der Waals surface area contributed by atoms with Gasteiger partial charge in [0, 0.05) is 42.5 Å². The summed E-state index contributed by atoms with van der Waals surface area (Å²) in [4.78, 5) is 2.39. The number of anilines is 3. The monoisotopic (exact) mass is 871 g/mol. The van der Waals surface area contributed by atoms with Gasteiger partial charge in [0.15, 0.2) is 0 Å². The van der Waals surface area contributed by atoms with Gasteiger partial charge in [-0.15, -0.1) is 11.3 Å². The average Bonchev–Trinajstić information content (AvgIpc) is 3.99. The van der Waals surface area contributed by atoms with E-state index in [0.29, 0.717) is 0 Å². The van der Waals surface area contributed by atoms with Gasteiger partial charge in [-0.2, -0.15) is 0 Å². The smallest absolute Gasteiger partial charge is 0.145 e. The molecule has 314 valence electrons. The maximum Gasteiger partial charge on any atom is 0.145 e. The molecule has 0 N–H and O–H groups in total. The van der Waals surface area contributed by atoms with Crippen molar-refractivity contribution in [3.05, 3.63) is 249 Å². The second kappa shape index (κ2) is 16.2. The van der Waals surface area contributed by atoms with E-state index >= 15 is 0 Å². The third kappa shape index (κ3) is 6.79. The molecule has 0 saturated heterocycles. The Bertz CT molecular complexity index is 3970. The standard InChI is InChI=1S/C64H41NOS/c1-2-15-44(16-3-1)53-38-39-58(63-56-22-8-10-25-59(56)66-64(53)63)65(50-34-30-43(31-35-50)47-18-12-19-48(40-47)49-29-28-42-14-4-5-17-46(42)41-49)51-36-32-45(33-37-51)52-20-6-7-21-54(52)55-24-13-27-61-62(55)57-23-9-11-26-60(57)67-61/h1-41H. The van der Waals surface area contributed by atoms with E-state index in [2.05, 4.69) is 254 Å². The van der Waals surface area contributed by atoms with Crippen LogP contribution in [0.4, 0.5) is 17.1 Å². The molecule has 0 aliphatic rings. The van der Waals surface area contributed by atoms with E-state index in [-0.39, 0.29) is 0 Å². The fourth-order valence-corrected chi connectivity index (χ4v) is 11.2. The van der Waals surface area contributed by atoms with Crippen molar-refractivity contribution in [2.45, 2.75) is 0 Å². The van der Waals surface area contributed by atoms with Crippen molar-refractivity contribution in [3.63, 3.8) is 0 Å². The summed E-state index contributed by atoms with van der Waals surface area (Å²) in [6.45, 7) is 0. The Balaban J connectivity index is 0.946. The predicted octanol–water partition coefficient (Wildman–Crippen LogP) is 18.9. The molecule has 0 atom stereocenters. The van der Waals surface area contributed by atoms with Gasteiger partial charge in [0.25, 0.3) is 0 Å². The number of hydrogen-bond acceptors (Lipinski definition) is 3. The lowest BCUT2D eigenvalue weighted by atomic mass is 9.92. The molecule has 11 aromatic carbocycles. The maximum absolute atomic E-state index is 6.81. The molecule has 67 heavy (non-hydrogen) atoms. The van der Waals surface area contributed by atoms with E-state index in [1.807, 2.05) is 11.3 Å². The van der Waals surface area contributed by atoms with Gasteiger partial charge in [-0.25, -0.2) is 0 Å². The molecule has 2 heterocycles. The highest BCUT2D eigenvalue weighted by Gasteiger charge is 2.23. The summed E-state index contributed by atoms with van der Waals surface area (Å²) in [5, 5.41) is 7.27. The summed E-state index contributed by atoms with van der Waals surface area (Å²) in [5.74, 6) is 0. The van der Waals surface area contributed by atoms with E-state index in [1.165, 1.54) is 64.3 Å². The van der Waals surface area contributed by atoms with Crippen LogP contribution in [-0.4, -0.2) is 0 Å². The van der Waals surface area contributed by atoms with Crippen LogP contribution < -0.4 is 4.90 Å². The second-order valence-electron chi connectivity index (χ2n) is 17.2. The first-order valence-electron chi connectivity index (χ1n) is 22.8. The molecule has 13 rings (SSSR count). The largest absolute Gasteiger partial charge is 0.455 e. The molecule has 0 fully saturated rings. The molecule has 0 radical (unpaired) electrons. The summed E-state index contributed by atoms with van der Waals surface area (Å²) < 4.78 is 9.42. The van der Waals surface area contributed by atoms with Crippen LogP contribution in [0.1, 0.15) is 0 Å². The average molecular weight is 872 g/mol. The molecule has 2 nitrogen and oxygen atoms in total. The Kier molecular flexibility index (Phi) is 9.40. The SMILES string of the molecule is c1ccc(-c2ccc(N(c3ccc(-c4cccc(-c5ccc6ccccc6c5)c4)cc3)c3ccc(-c4ccccc4-c4cccc5sc6ccccc6c45)cc3)c3c2oc2ccccc23)cc1. The van der Waals surface area contributed by atoms with Crippen LogP contribution in [0.5, 0.6) is 0 Å². The predicted molar refractivity (Wildman–Crippen MR) is 286 cm³/mol. The number of benzene rings is 11. The maximum atomic E-state index is 6.81. The molecule has 0 saturated carbocycles. The summed E-state index contributed by atoms with van der Waals surface area (Å²) in [6.07, 6.45) is 0. The summed E-state index contributed by atoms with van der Waals surface area (Å²) in [7, 11) is 0. The highest BCUT2D eigenvalue weighted by atomic mass is 32.1. The lowest BCUT2D eigenvalue weighted by Gasteiger charge is -2.27. The second-order valence-corrected chi connectivity index (χ2v) is 18.3. The molecule has 0 spiro atoms. The molecule has 2 aromatic heterocycles. The third-order valence-corrected chi connectivity index (χ3v) is 14.4. The minimum Gasteiger partial charge on any atom is -0.455 e. The lowest BCUT2D eigenvalue weighted by Crippen LogP contribution is -2.10. The highest BCUT2D eigenvalue weighted by molar-refractivity contribution is 7.25. The zero-order chi connectivity index (χ0) is 44.3. The van der Waals surface area contributed by atoms with Gasteiger partial charge in [-0.1, -0.05) is 182 Å². The fourth-order valence-electron chi connectivity index (χ4n) is 10.1. The van der Waals surface area contributed by atoms with E-state index in [1.54, 1.807) is 0 Å². The number of nitrogens with zero attached hydrogens (tertiary/aromatic N) is 1. The number of hydrogen-bond donors (Lipinski definition) is 0. The van der Waals surface area contributed by atoms with Gasteiger partial charge in [-0.05, 0) is 128 Å². The molecule has 0 bridgehead atoms. The minimum atomic E-state index is 0.865. The summed E-state index contributed by atoms with van der Waals surface area (Å²) in [6, 6.07) is 90.0. The van der Waals surface area contributed by atoms with Crippen molar-refractivity contribution >= 4 is 81.3 Å². The van der Waals surface area contributed by atoms with E-state index in [0.717, 1.165) is 61.3 Å². The van der Waals surface area contributed by atoms with E-state index in [4.69, 9.17) is 4.42 Å².